The van der Waals surface area contributed by atoms with E-state index in [-0.39, 0.29) is 0 Å². The van der Waals surface area contributed by atoms with E-state index in [0.29, 0.717) is 5.92 Å². The second-order valence-corrected chi connectivity index (χ2v) is 5.77. The van der Waals surface area contributed by atoms with Gasteiger partial charge < -0.3 is 10.3 Å². The maximum Gasteiger partial charge on any atom is 0.106 e. The molecule has 96 valence electrons. The Morgan fingerprint density at radius 3 is 2.88 bits per heavy atom. The van der Waals surface area contributed by atoms with Crippen LogP contribution >= 0.6 is 0 Å². The van der Waals surface area contributed by atoms with Gasteiger partial charge in [-0.1, -0.05) is 13.8 Å². The molecule has 0 bridgehead atoms. The first-order valence-corrected chi connectivity index (χ1v) is 6.90. The number of piperidine rings is 1. The molecule has 1 unspecified atom stereocenters. The maximum atomic E-state index is 4.76. The fourth-order valence-corrected chi connectivity index (χ4v) is 2.62. The number of H-pyrrole nitrogens is 1. The van der Waals surface area contributed by atoms with Crippen LogP contribution in [-0.2, 0) is 12.8 Å². The van der Waals surface area contributed by atoms with Gasteiger partial charge in [0, 0.05) is 12.1 Å². The predicted octanol–water partition coefficient (Wildman–Crippen LogP) is 2.46. The van der Waals surface area contributed by atoms with Crippen molar-refractivity contribution in [2.75, 3.05) is 13.1 Å². The lowest BCUT2D eigenvalue weighted by Crippen LogP contribution is -2.31. The average molecular weight is 235 g/mol. The molecule has 2 N–H and O–H groups in total. The maximum absolute atomic E-state index is 4.76. The summed E-state index contributed by atoms with van der Waals surface area (Å²) >= 11 is 0. The van der Waals surface area contributed by atoms with Crippen molar-refractivity contribution in [3.05, 3.63) is 17.2 Å². The minimum atomic E-state index is 0.671. The molecule has 0 aliphatic carbocycles. The van der Waals surface area contributed by atoms with E-state index in [1.165, 1.54) is 30.8 Å². The van der Waals surface area contributed by atoms with Gasteiger partial charge >= 0.3 is 0 Å². The molecule has 1 aromatic rings. The van der Waals surface area contributed by atoms with Crippen LogP contribution in [0.15, 0.2) is 0 Å². The monoisotopic (exact) mass is 235 g/mol. The quantitative estimate of drug-likeness (QED) is 0.841. The van der Waals surface area contributed by atoms with Gasteiger partial charge in [0.1, 0.15) is 5.82 Å². The highest BCUT2D eigenvalue weighted by Gasteiger charge is 2.17. The molecule has 1 aliphatic heterocycles. The lowest BCUT2D eigenvalue weighted by atomic mass is 9.94. The second kappa shape index (κ2) is 5.67. The van der Waals surface area contributed by atoms with Gasteiger partial charge in [0.15, 0.2) is 0 Å². The summed E-state index contributed by atoms with van der Waals surface area (Å²) in [5.41, 5.74) is 2.56. The van der Waals surface area contributed by atoms with Crippen molar-refractivity contribution in [3.8, 4) is 0 Å². The van der Waals surface area contributed by atoms with E-state index in [0.717, 1.165) is 31.1 Å². The zero-order chi connectivity index (χ0) is 12.3. The van der Waals surface area contributed by atoms with Crippen molar-refractivity contribution in [3.63, 3.8) is 0 Å². The standard InChI is InChI=1S/C14H25N3/c1-10(2)7-14-16-11(3)13(17-14)8-12-5-4-6-15-9-12/h10,12,15H,4-9H2,1-3H3,(H,16,17). The summed E-state index contributed by atoms with van der Waals surface area (Å²) in [6.45, 7) is 8.98. The van der Waals surface area contributed by atoms with Crippen LogP contribution < -0.4 is 5.32 Å². The van der Waals surface area contributed by atoms with Crippen molar-refractivity contribution in [2.45, 2.75) is 46.5 Å². The first kappa shape index (κ1) is 12.6. The van der Waals surface area contributed by atoms with E-state index in [4.69, 9.17) is 4.98 Å². The second-order valence-electron chi connectivity index (χ2n) is 5.77. The third kappa shape index (κ3) is 3.56. The molecule has 1 fully saturated rings. The fourth-order valence-electron chi connectivity index (χ4n) is 2.62. The van der Waals surface area contributed by atoms with Gasteiger partial charge in [-0.3, -0.25) is 0 Å². The molecule has 1 aromatic heterocycles. The Balaban J connectivity index is 1.97. The highest BCUT2D eigenvalue weighted by molar-refractivity contribution is 5.14. The largest absolute Gasteiger partial charge is 0.346 e. The van der Waals surface area contributed by atoms with Gasteiger partial charge in [-0.25, -0.2) is 4.98 Å². The van der Waals surface area contributed by atoms with Crippen LogP contribution in [0.4, 0.5) is 0 Å². The summed E-state index contributed by atoms with van der Waals surface area (Å²) in [6, 6.07) is 0. The van der Waals surface area contributed by atoms with Crippen molar-refractivity contribution < 1.29 is 0 Å². The molecule has 0 aromatic carbocycles. The number of nitrogens with one attached hydrogen (secondary N) is 2. The molecule has 2 rings (SSSR count). The number of aryl methyl sites for hydroxylation is 1. The molecule has 17 heavy (non-hydrogen) atoms. The van der Waals surface area contributed by atoms with Crippen LogP contribution in [0.3, 0.4) is 0 Å². The lowest BCUT2D eigenvalue weighted by Gasteiger charge is -2.22. The van der Waals surface area contributed by atoms with Crippen LogP contribution in [-0.4, -0.2) is 23.1 Å². The molecule has 0 amide bonds. The van der Waals surface area contributed by atoms with Gasteiger partial charge in [0.25, 0.3) is 0 Å². The highest BCUT2D eigenvalue weighted by Crippen LogP contribution is 2.18. The summed E-state index contributed by atoms with van der Waals surface area (Å²) < 4.78 is 0. The normalized spacial score (nSPS) is 21.1. The Labute approximate surface area is 104 Å². The molecule has 1 atom stereocenters. The zero-order valence-corrected chi connectivity index (χ0v) is 11.3. The van der Waals surface area contributed by atoms with Crippen LogP contribution in [0, 0.1) is 18.8 Å². The minimum absolute atomic E-state index is 0.671. The Kier molecular flexibility index (Phi) is 4.21. The molecule has 1 aliphatic rings. The first-order valence-electron chi connectivity index (χ1n) is 6.90. The fraction of sp³-hybridized carbons (Fsp3) is 0.786. The predicted molar refractivity (Wildman–Crippen MR) is 71.2 cm³/mol. The van der Waals surface area contributed by atoms with Crippen LogP contribution in [0.25, 0.3) is 0 Å². The third-order valence-corrected chi connectivity index (χ3v) is 3.52. The van der Waals surface area contributed by atoms with E-state index in [1.54, 1.807) is 0 Å². The van der Waals surface area contributed by atoms with E-state index < -0.39 is 0 Å². The third-order valence-electron chi connectivity index (χ3n) is 3.52. The van der Waals surface area contributed by atoms with Crippen molar-refractivity contribution >= 4 is 0 Å². The molecule has 2 heterocycles. The molecule has 0 radical (unpaired) electrons. The number of imidazole rings is 1. The number of aromatic amines is 1. The Hall–Kier alpha value is -0.830. The van der Waals surface area contributed by atoms with E-state index in [9.17, 15) is 0 Å². The topological polar surface area (TPSA) is 40.7 Å². The zero-order valence-electron chi connectivity index (χ0n) is 11.3. The average Bonchev–Trinajstić information content (AvgIpc) is 2.59. The molecule has 3 heteroatoms. The SMILES string of the molecule is Cc1[nH]c(CC(C)C)nc1CC1CCCNC1. The summed E-state index contributed by atoms with van der Waals surface area (Å²) in [4.78, 5) is 8.19. The molecule has 0 spiro atoms. The Morgan fingerprint density at radius 2 is 2.24 bits per heavy atom. The minimum Gasteiger partial charge on any atom is -0.346 e. The summed E-state index contributed by atoms with van der Waals surface area (Å²) in [6.07, 6.45) is 4.85. The van der Waals surface area contributed by atoms with Crippen LogP contribution in [0.5, 0.6) is 0 Å². The molecule has 0 saturated carbocycles. The van der Waals surface area contributed by atoms with Crippen molar-refractivity contribution in [2.24, 2.45) is 11.8 Å². The van der Waals surface area contributed by atoms with Crippen molar-refractivity contribution in [1.82, 2.24) is 15.3 Å². The number of nitrogens with zero attached hydrogens (tertiary/aromatic N) is 1. The molecule has 1 saturated heterocycles. The van der Waals surface area contributed by atoms with Gasteiger partial charge in [-0.15, -0.1) is 0 Å². The number of rotatable bonds is 4. The van der Waals surface area contributed by atoms with E-state index in [1.807, 2.05) is 0 Å². The van der Waals surface area contributed by atoms with Gasteiger partial charge in [-0.05, 0) is 51.1 Å². The molecular formula is C14H25N3. The highest BCUT2D eigenvalue weighted by atomic mass is 14.9. The van der Waals surface area contributed by atoms with Gasteiger partial charge in [0.2, 0.25) is 0 Å². The first-order chi connectivity index (χ1) is 8.15. The lowest BCUT2D eigenvalue weighted by molar-refractivity contribution is 0.373. The van der Waals surface area contributed by atoms with Crippen LogP contribution in [0.1, 0.15) is 43.9 Å². The van der Waals surface area contributed by atoms with Crippen molar-refractivity contribution in [1.29, 1.82) is 0 Å². The molecular weight excluding hydrogens is 210 g/mol. The number of aromatic nitrogens is 2. The smallest absolute Gasteiger partial charge is 0.106 e. The summed E-state index contributed by atoms with van der Waals surface area (Å²) in [7, 11) is 0. The summed E-state index contributed by atoms with van der Waals surface area (Å²) in [5, 5.41) is 3.48. The summed E-state index contributed by atoms with van der Waals surface area (Å²) in [5.74, 6) is 2.61. The molecule has 3 nitrogen and oxygen atoms in total. The van der Waals surface area contributed by atoms with Gasteiger partial charge in [0.05, 0.1) is 5.69 Å². The number of hydrogen-bond donors (Lipinski definition) is 2. The Morgan fingerprint density at radius 1 is 1.41 bits per heavy atom. The van der Waals surface area contributed by atoms with Gasteiger partial charge in [-0.2, -0.15) is 0 Å². The number of hydrogen-bond acceptors (Lipinski definition) is 2. The Bertz CT molecular complexity index is 348. The van der Waals surface area contributed by atoms with Crippen LogP contribution in [0.2, 0.25) is 0 Å². The van der Waals surface area contributed by atoms with E-state index >= 15 is 0 Å². The van der Waals surface area contributed by atoms with E-state index in [2.05, 4.69) is 31.1 Å².